The Hall–Kier alpha value is -1.56. The number of amides is 1. The average Bonchev–Trinajstić information content (AvgIpc) is 2.13. The lowest BCUT2D eigenvalue weighted by Crippen LogP contribution is -2.31. The molecular formula is C7H5F3N2O. The maximum absolute atomic E-state index is 12.8. The fourth-order valence-electron chi connectivity index (χ4n) is 0.779. The van der Waals surface area contributed by atoms with Gasteiger partial charge in [-0.2, -0.15) is 0 Å². The van der Waals surface area contributed by atoms with E-state index in [0.717, 1.165) is 6.07 Å². The lowest BCUT2D eigenvalue weighted by atomic mass is 10.2. The van der Waals surface area contributed by atoms with Gasteiger partial charge in [0.15, 0.2) is 17.5 Å². The van der Waals surface area contributed by atoms with Crippen LogP contribution >= 0.6 is 0 Å². The van der Waals surface area contributed by atoms with Crippen molar-refractivity contribution in [1.29, 1.82) is 0 Å². The molecular weight excluding hydrogens is 185 g/mol. The molecule has 0 aliphatic rings. The molecule has 0 atom stereocenters. The molecule has 0 heterocycles. The molecule has 1 amide bonds. The summed E-state index contributed by atoms with van der Waals surface area (Å²) in [5.41, 5.74) is 0.963. The highest BCUT2D eigenvalue weighted by molar-refractivity contribution is 5.93. The summed E-state index contributed by atoms with van der Waals surface area (Å²) in [5.74, 6) is -0.940. The molecule has 6 heteroatoms. The molecule has 3 nitrogen and oxygen atoms in total. The number of carbonyl (C=O) groups excluding carboxylic acids is 1. The van der Waals surface area contributed by atoms with Crippen LogP contribution < -0.4 is 11.3 Å². The summed E-state index contributed by atoms with van der Waals surface area (Å²) in [5, 5.41) is 0. The lowest BCUT2D eigenvalue weighted by molar-refractivity contribution is 0.0948. The van der Waals surface area contributed by atoms with Crippen molar-refractivity contribution in [3.05, 3.63) is 35.1 Å². The van der Waals surface area contributed by atoms with Gasteiger partial charge in [0.25, 0.3) is 5.91 Å². The number of nitrogen functional groups attached to an aromatic ring is 1. The first kappa shape index (κ1) is 9.53. The van der Waals surface area contributed by atoms with E-state index in [1.807, 2.05) is 0 Å². The van der Waals surface area contributed by atoms with Crippen LogP contribution in [0, 0.1) is 17.5 Å². The molecule has 0 fully saturated rings. The normalized spacial score (nSPS) is 9.85. The molecule has 70 valence electrons. The third kappa shape index (κ3) is 1.62. The largest absolute Gasteiger partial charge is 0.290 e. The molecule has 0 radical (unpaired) electrons. The summed E-state index contributed by atoms with van der Waals surface area (Å²) in [6, 6.07) is 1.44. The predicted octanol–water partition coefficient (Wildman–Crippen LogP) is 0.707. The van der Waals surface area contributed by atoms with Crippen LogP contribution in [0.1, 0.15) is 10.4 Å². The van der Waals surface area contributed by atoms with Crippen LogP contribution in [0.3, 0.4) is 0 Å². The van der Waals surface area contributed by atoms with Crippen molar-refractivity contribution < 1.29 is 18.0 Å². The zero-order valence-electron chi connectivity index (χ0n) is 6.27. The minimum atomic E-state index is -1.69. The van der Waals surface area contributed by atoms with Crippen LogP contribution in [-0.2, 0) is 0 Å². The van der Waals surface area contributed by atoms with E-state index < -0.39 is 28.9 Å². The number of hydrogen-bond donors (Lipinski definition) is 2. The van der Waals surface area contributed by atoms with Crippen molar-refractivity contribution in [2.45, 2.75) is 0 Å². The van der Waals surface area contributed by atoms with Gasteiger partial charge in [-0.05, 0) is 12.1 Å². The first-order valence-corrected chi connectivity index (χ1v) is 3.22. The van der Waals surface area contributed by atoms with Crippen molar-refractivity contribution in [1.82, 2.24) is 5.43 Å². The molecule has 0 aliphatic heterocycles. The van der Waals surface area contributed by atoms with Gasteiger partial charge in [0.05, 0.1) is 5.56 Å². The molecule has 1 aromatic carbocycles. The van der Waals surface area contributed by atoms with Crippen molar-refractivity contribution in [3.8, 4) is 0 Å². The van der Waals surface area contributed by atoms with Gasteiger partial charge in [-0.15, -0.1) is 0 Å². The molecule has 0 spiro atoms. The number of nitrogens with one attached hydrogen (secondary N) is 1. The maximum atomic E-state index is 12.8. The third-order valence-electron chi connectivity index (χ3n) is 1.41. The van der Waals surface area contributed by atoms with Gasteiger partial charge in [0.1, 0.15) is 0 Å². The Balaban J connectivity index is 3.26. The third-order valence-corrected chi connectivity index (χ3v) is 1.41. The summed E-state index contributed by atoms with van der Waals surface area (Å²) in [6.45, 7) is 0. The van der Waals surface area contributed by atoms with Crippen molar-refractivity contribution in [2.75, 3.05) is 0 Å². The van der Waals surface area contributed by atoms with E-state index >= 15 is 0 Å². The van der Waals surface area contributed by atoms with Gasteiger partial charge in [-0.1, -0.05) is 0 Å². The fraction of sp³-hybridized carbons (Fsp3) is 0. The Morgan fingerprint density at radius 1 is 1.23 bits per heavy atom. The van der Waals surface area contributed by atoms with E-state index in [2.05, 4.69) is 5.84 Å². The highest BCUT2D eigenvalue weighted by Gasteiger charge is 2.17. The molecule has 0 aromatic heterocycles. The number of rotatable bonds is 1. The van der Waals surface area contributed by atoms with Crippen molar-refractivity contribution >= 4 is 5.91 Å². The van der Waals surface area contributed by atoms with Gasteiger partial charge in [-0.25, -0.2) is 19.0 Å². The van der Waals surface area contributed by atoms with Crippen LogP contribution in [0.15, 0.2) is 12.1 Å². The van der Waals surface area contributed by atoms with Gasteiger partial charge >= 0.3 is 0 Å². The SMILES string of the molecule is NNC(=O)c1ccc(F)c(F)c1F. The molecule has 1 aromatic rings. The zero-order valence-corrected chi connectivity index (χ0v) is 6.27. The highest BCUT2D eigenvalue weighted by Crippen LogP contribution is 2.14. The summed E-state index contributed by atoms with van der Waals surface area (Å²) in [4.78, 5) is 10.7. The first-order chi connectivity index (χ1) is 6.07. The fourth-order valence-corrected chi connectivity index (χ4v) is 0.779. The molecule has 13 heavy (non-hydrogen) atoms. The number of halogens is 3. The summed E-state index contributed by atoms with van der Waals surface area (Å²) in [6.07, 6.45) is 0. The molecule has 0 aliphatic carbocycles. The molecule has 0 unspecified atom stereocenters. The second kappa shape index (κ2) is 3.44. The minimum absolute atomic E-state index is 0.638. The van der Waals surface area contributed by atoms with Gasteiger partial charge in [0.2, 0.25) is 0 Å². The first-order valence-electron chi connectivity index (χ1n) is 3.22. The molecule has 0 saturated carbocycles. The second-order valence-corrected chi connectivity index (χ2v) is 2.20. The number of hydrazine groups is 1. The smallest absolute Gasteiger partial charge is 0.268 e. The minimum Gasteiger partial charge on any atom is -0.290 e. The van der Waals surface area contributed by atoms with E-state index in [4.69, 9.17) is 0 Å². The molecule has 0 bridgehead atoms. The molecule has 3 N–H and O–H groups in total. The Morgan fingerprint density at radius 3 is 2.38 bits per heavy atom. The van der Waals surface area contributed by atoms with Crippen LogP contribution in [0.4, 0.5) is 13.2 Å². The summed E-state index contributed by atoms with van der Waals surface area (Å²) < 4.78 is 37.6. The second-order valence-electron chi connectivity index (χ2n) is 2.20. The highest BCUT2D eigenvalue weighted by atomic mass is 19.2. The average molecular weight is 190 g/mol. The summed E-state index contributed by atoms with van der Waals surface area (Å²) >= 11 is 0. The van der Waals surface area contributed by atoms with E-state index in [1.165, 1.54) is 0 Å². The Bertz CT molecular complexity index is 354. The van der Waals surface area contributed by atoms with E-state index in [1.54, 1.807) is 5.43 Å². The zero-order chi connectivity index (χ0) is 10.0. The van der Waals surface area contributed by atoms with Crippen LogP contribution in [0.25, 0.3) is 0 Å². The molecule has 1 rings (SSSR count). The summed E-state index contributed by atoms with van der Waals surface area (Å²) in [7, 11) is 0. The number of hydrogen-bond acceptors (Lipinski definition) is 2. The van der Waals surface area contributed by atoms with Gasteiger partial charge < -0.3 is 0 Å². The van der Waals surface area contributed by atoms with Gasteiger partial charge in [0, 0.05) is 0 Å². The number of carbonyl (C=O) groups is 1. The Kier molecular flexibility index (Phi) is 2.52. The quantitative estimate of drug-likeness (QED) is 0.296. The monoisotopic (exact) mass is 190 g/mol. The standard InChI is InChI=1S/C7H5F3N2O/c8-4-2-1-3(7(13)12-11)5(9)6(4)10/h1-2H,11H2,(H,12,13). The van der Waals surface area contributed by atoms with Crippen LogP contribution in [-0.4, -0.2) is 5.91 Å². The number of benzene rings is 1. The van der Waals surface area contributed by atoms with Gasteiger partial charge in [-0.3, -0.25) is 10.2 Å². The van der Waals surface area contributed by atoms with E-state index in [9.17, 15) is 18.0 Å². The Labute approximate surface area is 71.3 Å². The maximum Gasteiger partial charge on any atom is 0.268 e. The topological polar surface area (TPSA) is 55.1 Å². The Morgan fingerprint density at radius 2 is 1.85 bits per heavy atom. The number of nitrogens with two attached hydrogens (primary N) is 1. The predicted molar refractivity (Wildman–Crippen MR) is 38.0 cm³/mol. The van der Waals surface area contributed by atoms with E-state index in [0.29, 0.717) is 6.07 Å². The lowest BCUT2D eigenvalue weighted by Gasteiger charge is -2.01. The van der Waals surface area contributed by atoms with E-state index in [-0.39, 0.29) is 0 Å². The van der Waals surface area contributed by atoms with Crippen molar-refractivity contribution in [3.63, 3.8) is 0 Å². The van der Waals surface area contributed by atoms with Crippen LogP contribution in [0.5, 0.6) is 0 Å². The van der Waals surface area contributed by atoms with Crippen LogP contribution in [0.2, 0.25) is 0 Å². The molecule has 0 saturated heterocycles. The van der Waals surface area contributed by atoms with Crippen molar-refractivity contribution in [2.24, 2.45) is 5.84 Å².